The Kier molecular flexibility index (Phi) is 7.36. The zero-order valence-electron chi connectivity index (χ0n) is 18.0. The third-order valence-electron chi connectivity index (χ3n) is 5.63. The predicted octanol–water partition coefficient (Wildman–Crippen LogP) is 6.62. The molecule has 4 rings (SSSR count). The molecule has 5 nitrogen and oxygen atoms in total. The second-order valence-electron chi connectivity index (χ2n) is 7.70. The quantitative estimate of drug-likeness (QED) is 0.344. The zero-order valence-corrected chi connectivity index (χ0v) is 21.1. The third kappa shape index (κ3) is 4.88. The van der Waals surface area contributed by atoms with Gasteiger partial charge in [0.05, 0.1) is 29.7 Å². The van der Waals surface area contributed by atoms with Gasteiger partial charge in [-0.1, -0.05) is 65.1 Å². The van der Waals surface area contributed by atoms with Gasteiger partial charge >= 0.3 is 5.97 Å². The maximum absolute atomic E-state index is 14.1. The lowest BCUT2D eigenvalue weighted by molar-refractivity contribution is -0.137. The number of rotatable bonds is 5. The van der Waals surface area contributed by atoms with E-state index in [-0.39, 0.29) is 16.9 Å². The number of hydrogen-bond acceptors (Lipinski definition) is 4. The molecule has 1 unspecified atom stereocenters. The van der Waals surface area contributed by atoms with Crippen molar-refractivity contribution in [2.45, 2.75) is 23.4 Å². The van der Waals surface area contributed by atoms with Gasteiger partial charge in [-0.15, -0.1) is 0 Å². The Bertz CT molecular complexity index is 1360. The van der Waals surface area contributed by atoms with Gasteiger partial charge in [-0.2, -0.15) is 4.31 Å². The molecule has 0 amide bonds. The molecule has 1 aliphatic rings. The van der Waals surface area contributed by atoms with Gasteiger partial charge in [-0.05, 0) is 66.1 Å². The topological polar surface area (TPSA) is 63.7 Å². The van der Waals surface area contributed by atoms with Gasteiger partial charge in [0.2, 0.25) is 10.0 Å². The first kappa shape index (κ1) is 24.8. The highest BCUT2D eigenvalue weighted by Crippen LogP contribution is 2.46. The number of hydrogen-bond donors (Lipinski definition) is 0. The van der Waals surface area contributed by atoms with E-state index < -0.39 is 28.1 Å². The van der Waals surface area contributed by atoms with E-state index in [1.54, 1.807) is 48.5 Å². The number of benzene rings is 3. The van der Waals surface area contributed by atoms with Crippen molar-refractivity contribution in [3.63, 3.8) is 0 Å². The number of methoxy groups -OCH3 is 1. The summed E-state index contributed by atoms with van der Waals surface area (Å²) < 4.78 is 34.6. The highest BCUT2D eigenvalue weighted by atomic mass is 35.5. The van der Waals surface area contributed by atoms with Crippen molar-refractivity contribution in [1.82, 2.24) is 4.31 Å². The number of carbonyl (C=O) groups excluding carboxylic acids is 1. The first-order valence-electron chi connectivity index (χ1n) is 10.3. The van der Waals surface area contributed by atoms with Crippen LogP contribution in [-0.2, 0) is 19.6 Å². The van der Waals surface area contributed by atoms with Gasteiger partial charge in [-0.3, -0.25) is 0 Å². The molecule has 0 radical (unpaired) electrons. The van der Waals surface area contributed by atoms with Crippen LogP contribution in [0.4, 0.5) is 0 Å². The molecule has 0 aliphatic carbocycles. The summed E-state index contributed by atoms with van der Waals surface area (Å²) in [5.41, 5.74) is 1.44. The Balaban J connectivity index is 1.99. The second-order valence-corrected chi connectivity index (χ2v) is 10.9. The Morgan fingerprint density at radius 2 is 1.47 bits per heavy atom. The SMILES string of the molecule is COC(=O)C1=CCC(c2cccc(Cl)c2)N(S(=O)(=O)c2ccc(Cl)cc2)[C@H]1c1cccc(Cl)c1. The molecule has 0 saturated carbocycles. The maximum Gasteiger partial charge on any atom is 0.335 e. The van der Waals surface area contributed by atoms with Crippen LogP contribution in [-0.4, -0.2) is 25.8 Å². The van der Waals surface area contributed by atoms with Gasteiger partial charge < -0.3 is 4.74 Å². The highest BCUT2D eigenvalue weighted by molar-refractivity contribution is 7.89. The fourth-order valence-electron chi connectivity index (χ4n) is 4.12. The smallest absolute Gasteiger partial charge is 0.335 e. The number of halogens is 3. The van der Waals surface area contributed by atoms with Crippen LogP contribution in [0.2, 0.25) is 15.1 Å². The van der Waals surface area contributed by atoms with Gasteiger partial charge in [0.25, 0.3) is 0 Å². The van der Waals surface area contributed by atoms with Crippen LogP contribution in [0.25, 0.3) is 0 Å². The second kappa shape index (κ2) is 10.1. The summed E-state index contributed by atoms with van der Waals surface area (Å²) in [6.07, 6.45) is 1.96. The first-order chi connectivity index (χ1) is 16.2. The Hall–Kier alpha value is -2.35. The molecule has 3 aromatic rings. The van der Waals surface area contributed by atoms with E-state index >= 15 is 0 Å². The minimum atomic E-state index is -4.13. The summed E-state index contributed by atoms with van der Waals surface area (Å²) in [5.74, 6) is -0.620. The van der Waals surface area contributed by atoms with Crippen molar-refractivity contribution in [3.05, 3.63) is 111 Å². The molecule has 0 N–H and O–H groups in total. The number of carbonyl (C=O) groups is 1. The number of esters is 1. The summed E-state index contributed by atoms with van der Waals surface area (Å²) in [6.45, 7) is 0. The summed E-state index contributed by atoms with van der Waals surface area (Å²) in [5, 5.41) is 1.30. The van der Waals surface area contributed by atoms with Crippen LogP contribution in [0.5, 0.6) is 0 Å². The largest absolute Gasteiger partial charge is 0.466 e. The third-order valence-corrected chi connectivity index (χ3v) is 8.24. The fourth-order valence-corrected chi connectivity index (χ4v) is 6.42. The minimum Gasteiger partial charge on any atom is -0.466 e. The van der Waals surface area contributed by atoms with Crippen molar-refractivity contribution >= 4 is 50.8 Å². The molecule has 176 valence electrons. The van der Waals surface area contributed by atoms with Crippen molar-refractivity contribution in [3.8, 4) is 0 Å². The lowest BCUT2D eigenvalue weighted by Crippen LogP contribution is -2.42. The minimum absolute atomic E-state index is 0.0436. The number of sulfonamides is 1. The normalized spacial score (nSPS) is 18.9. The van der Waals surface area contributed by atoms with Gasteiger partial charge in [0.15, 0.2) is 0 Å². The average molecular weight is 537 g/mol. The highest BCUT2D eigenvalue weighted by Gasteiger charge is 2.44. The number of nitrogens with zero attached hydrogens (tertiary/aromatic N) is 1. The van der Waals surface area contributed by atoms with Crippen LogP contribution >= 0.6 is 34.8 Å². The lowest BCUT2D eigenvalue weighted by Gasteiger charge is -2.41. The van der Waals surface area contributed by atoms with Crippen LogP contribution in [0.1, 0.15) is 29.6 Å². The van der Waals surface area contributed by atoms with E-state index in [2.05, 4.69) is 0 Å². The molecule has 0 bridgehead atoms. The Morgan fingerprint density at radius 3 is 2.06 bits per heavy atom. The molecule has 0 spiro atoms. The molecule has 3 aromatic carbocycles. The van der Waals surface area contributed by atoms with Crippen LogP contribution in [0.3, 0.4) is 0 Å². The van der Waals surface area contributed by atoms with E-state index in [1.807, 2.05) is 6.07 Å². The van der Waals surface area contributed by atoms with Crippen molar-refractivity contribution in [2.75, 3.05) is 7.11 Å². The molecule has 2 atom stereocenters. The Labute approximate surface area is 213 Å². The molecular formula is C25H20Cl3NO4S. The number of ether oxygens (including phenoxy) is 1. The zero-order chi connectivity index (χ0) is 24.5. The first-order valence-corrected chi connectivity index (χ1v) is 12.9. The molecule has 0 fully saturated rings. The predicted molar refractivity (Wildman–Crippen MR) is 134 cm³/mol. The van der Waals surface area contributed by atoms with Crippen molar-refractivity contribution in [2.24, 2.45) is 0 Å². The van der Waals surface area contributed by atoms with E-state index in [4.69, 9.17) is 39.5 Å². The van der Waals surface area contributed by atoms with E-state index in [1.165, 1.54) is 35.7 Å². The monoisotopic (exact) mass is 535 g/mol. The molecule has 1 aliphatic heterocycles. The van der Waals surface area contributed by atoms with Crippen molar-refractivity contribution in [1.29, 1.82) is 0 Å². The van der Waals surface area contributed by atoms with Gasteiger partial charge in [-0.25, -0.2) is 13.2 Å². The van der Waals surface area contributed by atoms with Crippen LogP contribution in [0.15, 0.2) is 89.3 Å². The molecular weight excluding hydrogens is 517 g/mol. The van der Waals surface area contributed by atoms with E-state index in [9.17, 15) is 13.2 Å². The summed E-state index contributed by atoms with van der Waals surface area (Å²) in [6, 6.07) is 18.1. The summed E-state index contributed by atoms with van der Waals surface area (Å²) >= 11 is 18.5. The molecule has 1 heterocycles. The lowest BCUT2D eigenvalue weighted by atomic mass is 9.89. The summed E-state index contributed by atoms with van der Waals surface area (Å²) in [4.78, 5) is 12.8. The maximum atomic E-state index is 14.1. The van der Waals surface area contributed by atoms with E-state index in [0.29, 0.717) is 26.2 Å². The average Bonchev–Trinajstić information content (AvgIpc) is 2.83. The molecule has 9 heteroatoms. The van der Waals surface area contributed by atoms with Crippen LogP contribution in [0, 0.1) is 0 Å². The summed E-state index contributed by atoms with van der Waals surface area (Å²) in [7, 11) is -2.87. The van der Waals surface area contributed by atoms with E-state index in [0.717, 1.165) is 0 Å². The standard InChI is InChI=1S/C25H20Cl3NO4S/c1-33-25(30)22-12-13-23(16-4-2-6-19(27)14-16)29(24(22)17-5-3-7-20(28)15-17)34(31,32)21-10-8-18(26)9-11-21/h2-12,14-15,23-24H,13H2,1H3/t23?,24-/m0/s1. The van der Waals surface area contributed by atoms with Gasteiger partial charge in [0.1, 0.15) is 0 Å². The van der Waals surface area contributed by atoms with Crippen LogP contribution < -0.4 is 0 Å². The Morgan fingerprint density at radius 1 is 0.882 bits per heavy atom. The fraction of sp³-hybridized carbons (Fsp3) is 0.160. The molecule has 34 heavy (non-hydrogen) atoms. The van der Waals surface area contributed by atoms with Crippen molar-refractivity contribution < 1.29 is 17.9 Å². The van der Waals surface area contributed by atoms with Gasteiger partial charge in [0, 0.05) is 15.1 Å². The molecule has 0 aromatic heterocycles. The molecule has 0 saturated heterocycles.